The summed E-state index contributed by atoms with van der Waals surface area (Å²) in [6.07, 6.45) is -1.66. The summed E-state index contributed by atoms with van der Waals surface area (Å²) in [5.74, 6) is -0.0970. The molecule has 142 valence electrons. The number of aryl methyl sites for hydroxylation is 2. The van der Waals surface area contributed by atoms with Gasteiger partial charge in [0.25, 0.3) is 0 Å². The minimum Gasteiger partial charge on any atom is -0.429 e. The van der Waals surface area contributed by atoms with Crippen molar-refractivity contribution in [2.24, 2.45) is 4.99 Å². The van der Waals surface area contributed by atoms with Gasteiger partial charge >= 0.3 is 6.11 Å². The Morgan fingerprint density at radius 1 is 1.22 bits per heavy atom. The summed E-state index contributed by atoms with van der Waals surface area (Å²) in [7, 11) is 0. The molecule has 0 fully saturated rings. The Bertz CT molecular complexity index is 901. The Hall–Kier alpha value is -2.82. The molecule has 2 aromatic carbocycles. The van der Waals surface area contributed by atoms with E-state index in [-0.39, 0.29) is 23.5 Å². The Labute approximate surface area is 158 Å². The molecular formula is C22H23F2NO2. The first-order chi connectivity index (χ1) is 12.6. The fraction of sp³-hybridized carbons (Fsp3) is 0.273. The average Bonchev–Trinajstić information content (AvgIpc) is 2.57. The third kappa shape index (κ3) is 5.09. The molecule has 0 N–H and O–H groups in total. The Balaban J connectivity index is 2.23. The SMILES string of the molecule is C=C(C)C(F)(F)Oc1cccc(CC(=O)c2cc(C)c(/N=C/C)cc2C)c1. The fourth-order valence-electron chi connectivity index (χ4n) is 2.61. The maximum absolute atomic E-state index is 13.7. The Morgan fingerprint density at radius 2 is 1.93 bits per heavy atom. The number of halogens is 2. The predicted octanol–water partition coefficient (Wildman–Crippen LogP) is 6.00. The number of alkyl halides is 2. The van der Waals surface area contributed by atoms with Gasteiger partial charge in [-0.15, -0.1) is 0 Å². The molecule has 0 unspecified atom stereocenters. The molecule has 0 saturated carbocycles. The lowest BCUT2D eigenvalue weighted by atomic mass is 9.96. The monoisotopic (exact) mass is 371 g/mol. The second-order valence-corrected chi connectivity index (χ2v) is 6.49. The van der Waals surface area contributed by atoms with Gasteiger partial charge < -0.3 is 4.74 Å². The zero-order valence-electron chi connectivity index (χ0n) is 16.0. The summed E-state index contributed by atoms with van der Waals surface area (Å²) in [5.41, 5.74) is 3.37. The van der Waals surface area contributed by atoms with Gasteiger partial charge in [0, 0.05) is 23.8 Å². The van der Waals surface area contributed by atoms with Crippen LogP contribution < -0.4 is 4.74 Å². The second kappa shape index (κ2) is 8.25. The van der Waals surface area contributed by atoms with Gasteiger partial charge in [-0.2, -0.15) is 8.78 Å². The van der Waals surface area contributed by atoms with E-state index in [2.05, 4.69) is 11.6 Å². The topological polar surface area (TPSA) is 38.7 Å². The van der Waals surface area contributed by atoms with Crippen molar-refractivity contribution in [3.63, 3.8) is 0 Å². The molecule has 0 radical (unpaired) electrons. The van der Waals surface area contributed by atoms with Gasteiger partial charge in [-0.3, -0.25) is 9.79 Å². The van der Waals surface area contributed by atoms with E-state index < -0.39 is 6.11 Å². The lowest BCUT2D eigenvalue weighted by Crippen LogP contribution is -2.25. The molecule has 27 heavy (non-hydrogen) atoms. The van der Waals surface area contributed by atoms with E-state index in [0.717, 1.165) is 16.8 Å². The van der Waals surface area contributed by atoms with Crippen molar-refractivity contribution in [2.75, 3.05) is 0 Å². The first-order valence-electron chi connectivity index (χ1n) is 8.59. The van der Waals surface area contributed by atoms with Crippen LogP contribution in [0.4, 0.5) is 14.5 Å². The molecule has 3 nitrogen and oxygen atoms in total. The molecule has 5 heteroatoms. The molecule has 0 heterocycles. The van der Waals surface area contributed by atoms with Crippen molar-refractivity contribution in [1.82, 2.24) is 0 Å². The van der Waals surface area contributed by atoms with Crippen LogP contribution >= 0.6 is 0 Å². The molecule has 0 aliphatic rings. The molecular weight excluding hydrogens is 348 g/mol. The third-order valence-corrected chi connectivity index (χ3v) is 4.12. The van der Waals surface area contributed by atoms with Crippen molar-refractivity contribution in [2.45, 2.75) is 40.2 Å². The number of ether oxygens (including phenoxy) is 1. The Morgan fingerprint density at radius 3 is 2.56 bits per heavy atom. The van der Waals surface area contributed by atoms with E-state index in [9.17, 15) is 13.6 Å². The largest absolute Gasteiger partial charge is 0.429 e. The zero-order chi connectivity index (χ0) is 20.2. The van der Waals surface area contributed by atoms with Crippen LogP contribution in [-0.2, 0) is 6.42 Å². The van der Waals surface area contributed by atoms with Gasteiger partial charge in [0.15, 0.2) is 5.78 Å². The number of Topliss-reactive ketones (excluding diaryl/α,β-unsaturated/α-hetero) is 1. The number of carbonyl (C=O) groups is 1. The molecule has 0 aliphatic heterocycles. The predicted molar refractivity (Wildman–Crippen MR) is 105 cm³/mol. The van der Waals surface area contributed by atoms with Crippen LogP contribution in [0.15, 0.2) is 53.5 Å². The summed E-state index contributed by atoms with van der Waals surface area (Å²) in [6.45, 7) is 10.0. The number of rotatable bonds is 7. The van der Waals surface area contributed by atoms with Gasteiger partial charge in [-0.25, -0.2) is 0 Å². The molecule has 2 rings (SSSR count). The van der Waals surface area contributed by atoms with E-state index in [1.165, 1.54) is 19.1 Å². The Kier molecular flexibility index (Phi) is 6.26. The quantitative estimate of drug-likeness (QED) is 0.340. The van der Waals surface area contributed by atoms with Gasteiger partial charge in [-0.1, -0.05) is 18.7 Å². The highest BCUT2D eigenvalue weighted by molar-refractivity contribution is 5.99. The second-order valence-electron chi connectivity index (χ2n) is 6.49. The summed E-state index contributed by atoms with van der Waals surface area (Å²) in [6, 6.07) is 9.86. The summed E-state index contributed by atoms with van der Waals surface area (Å²) in [5, 5.41) is 0. The highest BCUT2D eigenvalue weighted by Crippen LogP contribution is 2.28. The van der Waals surface area contributed by atoms with Crippen molar-refractivity contribution in [3.05, 3.63) is 70.8 Å². The van der Waals surface area contributed by atoms with E-state index in [1.54, 1.807) is 18.3 Å². The molecule has 0 spiro atoms. The van der Waals surface area contributed by atoms with Gasteiger partial charge in [-0.05, 0) is 68.7 Å². The number of hydrogen-bond donors (Lipinski definition) is 0. The molecule has 0 saturated heterocycles. The van der Waals surface area contributed by atoms with Crippen LogP contribution in [0.5, 0.6) is 5.75 Å². The number of aliphatic imine (C=N–C) groups is 1. The van der Waals surface area contributed by atoms with Crippen molar-refractivity contribution >= 4 is 17.7 Å². The van der Waals surface area contributed by atoms with Crippen LogP contribution in [0.3, 0.4) is 0 Å². The van der Waals surface area contributed by atoms with Gasteiger partial charge in [0.05, 0.1) is 5.69 Å². The summed E-state index contributed by atoms with van der Waals surface area (Å²) in [4.78, 5) is 17.0. The number of benzene rings is 2. The van der Waals surface area contributed by atoms with Gasteiger partial charge in [0.2, 0.25) is 0 Å². The van der Waals surface area contributed by atoms with Crippen molar-refractivity contribution in [3.8, 4) is 5.75 Å². The van der Waals surface area contributed by atoms with Gasteiger partial charge in [0.1, 0.15) is 5.75 Å². The molecule has 0 atom stereocenters. The van der Waals surface area contributed by atoms with E-state index in [1.807, 2.05) is 32.9 Å². The number of hydrogen-bond acceptors (Lipinski definition) is 3. The van der Waals surface area contributed by atoms with Crippen LogP contribution in [0.25, 0.3) is 0 Å². The molecule has 0 amide bonds. The average molecular weight is 371 g/mol. The maximum atomic E-state index is 13.7. The van der Waals surface area contributed by atoms with Crippen molar-refractivity contribution in [1.29, 1.82) is 0 Å². The van der Waals surface area contributed by atoms with E-state index >= 15 is 0 Å². The number of nitrogens with zero attached hydrogens (tertiary/aromatic N) is 1. The first kappa shape index (κ1) is 20.5. The van der Waals surface area contributed by atoms with Crippen LogP contribution in [0.1, 0.15) is 40.9 Å². The van der Waals surface area contributed by atoms with E-state index in [0.29, 0.717) is 11.1 Å². The lowest BCUT2D eigenvalue weighted by Gasteiger charge is -2.18. The minimum atomic E-state index is -3.45. The third-order valence-electron chi connectivity index (χ3n) is 4.12. The normalized spacial score (nSPS) is 11.6. The number of ketones is 1. The molecule has 0 aliphatic carbocycles. The summed E-state index contributed by atoms with van der Waals surface area (Å²) < 4.78 is 32.1. The number of carbonyl (C=O) groups excluding carboxylic acids is 1. The highest BCUT2D eigenvalue weighted by Gasteiger charge is 2.32. The molecule has 2 aromatic rings. The molecule has 0 aromatic heterocycles. The zero-order valence-corrected chi connectivity index (χ0v) is 16.0. The summed E-state index contributed by atoms with van der Waals surface area (Å²) >= 11 is 0. The van der Waals surface area contributed by atoms with Crippen molar-refractivity contribution < 1.29 is 18.3 Å². The fourth-order valence-corrected chi connectivity index (χ4v) is 2.61. The first-order valence-corrected chi connectivity index (χ1v) is 8.59. The van der Waals surface area contributed by atoms with Crippen LogP contribution in [-0.4, -0.2) is 18.1 Å². The highest BCUT2D eigenvalue weighted by atomic mass is 19.3. The standard InChI is InChI=1S/C22H23F2NO2/c1-6-25-20-11-15(4)19(10-16(20)5)21(26)13-17-8-7-9-18(12-17)27-22(23,24)14(2)3/h6-12H,2,13H2,1,3-5H3/b25-6+. The van der Waals surface area contributed by atoms with Crippen LogP contribution in [0, 0.1) is 13.8 Å². The molecule has 0 bridgehead atoms. The van der Waals surface area contributed by atoms with E-state index in [4.69, 9.17) is 4.74 Å². The minimum absolute atomic E-state index is 0.00571. The smallest absolute Gasteiger partial charge is 0.422 e. The van der Waals surface area contributed by atoms with Crippen LogP contribution in [0.2, 0.25) is 0 Å². The maximum Gasteiger partial charge on any atom is 0.422 e. The lowest BCUT2D eigenvalue weighted by molar-refractivity contribution is -0.141.